The Morgan fingerprint density at radius 2 is 1.96 bits per heavy atom. The molecule has 0 aromatic heterocycles. The average Bonchev–Trinajstić information content (AvgIpc) is 2.72. The first-order chi connectivity index (χ1) is 11.3. The van der Waals surface area contributed by atoms with Gasteiger partial charge in [0.05, 0.1) is 17.1 Å². The first-order valence-electron chi connectivity index (χ1n) is 7.63. The van der Waals surface area contributed by atoms with Crippen LogP contribution >= 0.6 is 23.2 Å². The van der Waals surface area contributed by atoms with Crippen molar-refractivity contribution in [3.05, 3.63) is 28.2 Å². The highest BCUT2D eigenvalue weighted by Gasteiger charge is 2.46. The number of benzene rings is 1. The van der Waals surface area contributed by atoms with Gasteiger partial charge in [-0.3, -0.25) is 0 Å². The van der Waals surface area contributed by atoms with Crippen LogP contribution in [-0.2, 0) is 14.6 Å². The fraction of sp³-hybridized carbons (Fsp3) is 0.533. The molecule has 6 nitrogen and oxygen atoms in total. The zero-order valence-corrected chi connectivity index (χ0v) is 15.2. The summed E-state index contributed by atoms with van der Waals surface area (Å²) in [7, 11) is -3.05. The SMILES string of the molecule is O=C(Nc1cc(Cl)cc(Cl)c1)N[C@@H]1CCO[C@]2(CCS(=O)(=O)C2)C1. The summed E-state index contributed by atoms with van der Waals surface area (Å²) in [5, 5.41) is 6.42. The second-order valence-electron chi connectivity index (χ2n) is 6.32. The highest BCUT2D eigenvalue weighted by atomic mass is 35.5. The van der Waals surface area contributed by atoms with Crippen LogP contribution in [0.2, 0.25) is 10.0 Å². The molecular formula is C15H18Cl2N2O4S. The van der Waals surface area contributed by atoms with E-state index in [1.165, 1.54) is 0 Å². The smallest absolute Gasteiger partial charge is 0.319 e. The number of anilines is 1. The van der Waals surface area contributed by atoms with E-state index in [9.17, 15) is 13.2 Å². The average molecular weight is 393 g/mol. The summed E-state index contributed by atoms with van der Waals surface area (Å²) < 4.78 is 29.2. The fourth-order valence-corrected chi connectivity index (χ4v) is 5.79. The van der Waals surface area contributed by atoms with E-state index in [0.717, 1.165) is 0 Å². The monoisotopic (exact) mass is 392 g/mol. The molecule has 2 fully saturated rings. The summed E-state index contributed by atoms with van der Waals surface area (Å²) >= 11 is 11.8. The lowest BCUT2D eigenvalue weighted by molar-refractivity contribution is -0.0685. The predicted molar refractivity (Wildman–Crippen MR) is 93.6 cm³/mol. The number of hydrogen-bond donors (Lipinski definition) is 2. The van der Waals surface area contributed by atoms with E-state index in [1.807, 2.05) is 0 Å². The quantitative estimate of drug-likeness (QED) is 0.809. The molecule has 3 rings (SSSR count). The van der Waals surface area contributed by atoms with Crippen LogP contribution in [0.1, 0.15) is 19.3 Å². The molecule has 24 heavy (non-hydrogen) atoms. The lowest BCUT2D eigenvalue weighted by Crippen LogP contribution is -2.50. The zero-order chi connectivity index (χ0) is 17.4. The van der Waals surface area contributed by atoms with Gasteiger partial charge in [0.1, 0.15) is 0 Å². The molecule has 0 radical (unpaired) electrons. The molecule has 2 atom stereocenters. The van der Waals surface area contributed by atoms with Gasteiger partial charge in [0.2, 0.25) is 0 Å². The maximum atomic E-state index is 12.2. The minimum atomic E-state index is -3.05. The molecular weight excluding hydrogens is 375 g/mol. The van der Waals surface area contributed by atoms with Crippen molar-refractivity contribution in [2.45, 2.75) is 30.9 Å². The van der Waals surface area contributed by atoms with Crippen molar-refractivity contribution in [1.82, 2.24) is 5.32 Å². The van der Waals surface area contributed by atoms with Crippen molar-refractivity contribution in [2.75, 3.05) is 23.4 Å². The summed E-state index contributed by atoms with van der Waals surface area (Å²) in [5.41, 5.74) is -0.163. The molecule has 0 unspecified atom stereocenters. The van der Waals surface area contributed by atoms with Gasteiger partial charge in [-0.2, -0.15) is 0 Å². The van der Waals surface area contributed by atoms with Crippen molar-refractivity contribution in [1.29, 1.82) is 0 Å². The van der Waals surface area contributed by atoms with Crippen molar-refractivity contribution in [2.24, 2.45) is 0 Å². The van der Waals surface area contributed by atoms with E-state index in [0.29, 0.717) is 41.6 Å². The number of rotatable bonds is 2. The number of sulfone groups is 1. The third kappa shape index (κ3) is 4.33. The first kappa shape index (κ1) is 17.8. The Kier molecular flexibility index (Phi) is 4.97. The summed E-state index contributed by atoms with van der Waals surface area (Å²) in [4.78, 5) is 12.2. The minimum absolute atomic E-state index is 0.0314. The minimum Gasteiger partial charge on any atom is -0.374 e. The van der Waals surface area contributed by atoms with Crippen LogP contribution in [0.3, 0.4) is 0 Å². The molecule has 2 saturated heterocycles. The van der Waals surface area contributed by atoms with Gasteiger partial charge < -0.3 is 15.4 Å². The Morgan fingerprint density at radius 1 is 1.25 bits per heavy atom. The summed E-state index contributed by atoms with van der Waals surface area (Å²) in [6, 6.07) is 4.26. The number of urea groups is 1. The largest absolute Gasteiger partial charge is 0.374 e. The van der Waals surface area contributed by atoms with E-state index < -0.39 is 15.4 Å². The van der Waals surface area contributed by atoms with E-state index in [4.69, 9.17) is 27.9 Å². The molecule has 2 N–H and O–H groups in total. The van der Waals surface area contributed by atoms with Crippen molar-refractivity contribution < 1.29 is 17.9 Å². The molecule has 1 aromatic carbocycles. The Bertz CT molecular complexity index is 736. The maximum Gasteiger partial charge on any atom is 0.319 e. The first-order valence-corrected chi connectivity index (χ1v) is 10.2. The van der Waals surface area contributed by atoms with Crippen LogP contribution < -0.4 is 10.6 Å². The second-order valence-corrected chi connectivity index (χ2v) is 9.38. The lowest BCUT2D eigenvalue weighted by Gasteiger charge is -2.37. The van der Waals surface area contributed by atoms with Crippen LogP contribution in [0, 0.1) is 0 Å². The number of ether oxygens (including phenoxy) is 1. The molecule has 2 aliphatic rings. The fourth-order valence-electron chi connectivity index (χ4n) is 3.29. The molecule has 1 aromatic rings. The van der Waals surface area contributed by atoms with Crippen LogP contribution in [-0.4, -0.2) is 44.2 Å². The molecule has 2 aliphatic heterocycles. The Balaban J connectivity index is 1.60. The molecule has 0 aliphatic carbocycles. The van der Waals surface area contributed by atoms with Gasteiger partial charge in [-0.25, -0.2) is 13.2 Å². The van der Waals surface area contributed by atoms with Crippen LogP contribution in [0.5, 0.6) is 0 Å². The molecule has 9 heteroatoms. The van der Waals surface area contributed by atoms with Gasteiger partial charge in [-0.1, -0.05) is 23.2 Å². The van der Waals surface area contributed by atoms with Crippen LogP contribution in [0.25, 0.3) is 0 Å². The summed E-state index contributed by atoms with van der Waals surface area (Å²) in [6.07, 6.45) is 1.63. The highest BCUT2D eigenvalue weighted by Crippen LogP contribution is 2.35. The van der Waals surface area contributed by atoms with E-state index in [-0.39, 0.29) is 23.6 Å². The topological polar surface area (TPSA) is 84.5 Å². The molecule has 1 spiro atoms. The molecule has 0 saturated carbocycles. The number of halogens is 2. The third-order valence-electron chi connectivity index (χ3n) is 4.30. The molecule has 0 bridgehead atoms. The molecule has 2 amide bonds. The third-order valence-corrected chi connectivity index (χ3v) is 6.53. The van der Waals surface area contributed by atoms with Crippen LogP contribution in [0.15, 0.2) is 18.2 Å². The van der Waals surface area contributed by atoms with Crippen molar-refractivity contribution in [3.8, 4) is 0 Å². The van der Waals surface area contributed by atoms with Crippen molar-refractivity contribution >= 4 is 44.8 Å². The highest BCUT2D eigenvalue weighted by molar-refractivity contribution is 7.91. The Morgan fingerprint density at radius 3 is 2.58 bits per heavy atom. The number of carbonyl (C=O) groups is 1. The van der Waals surface area contributed by atoms with Gasteiger partial charge >= 0.3 is 6.03 Å². The number of amides is 2. The Hall–Kier alpha value is -1.02. The molecule has 2 heterocycles. The maximum absolute atomic E-state index is 12.2. The van der Waals surface area contributed by atoms with Gasteiger partial charge in [0.15, 0.2) is 9.84 Å². The van der Waals surface area contributed by atoms with Crippen molar-refractivity contribution in [3.63, 3.8) is 0 Å². The number of hydrogen-bond acceptors (Lipinski definition) is 4. The Labute approximate surface area is 150 Å². The number of carbonyl (C=O) groups excluding carboxylic acids is 1. The standard InChI is InChI=1S/C15H18Cl2N2O4S/c16-10-5-11(17)7-13(6-10)19-14(20)18-12-1-3-23-15(8-12)2-4-24(21,22)9-15/h5-7,12H,1-4,8-9H2,(H2,18,19,20)/t12-,15-/m1/s1. The van der Waals surface area contributed by atoms with Gasteiger partial charge in [-0.15, -0.1) is 0 Å². The summed E-state index contributed by atoms with van der Waals surface area (Å²) in [6.45, 7) is 0.434. The van der Waals surface area contributed by atoms with E-state index in [2.05, 4.69) is 10.6 Å². The van der Waals surface area contributed by atoms with Gasteiger partial charge in [-0.05, 0) is 37.5 Å². The number of nitrogens with one attached hydrogen (secondary N) is 2. The van der Waals surface area contributed by atoms with Gasteiger partial charge in [0.25, 0.3) is 0 Å². The summed E-state index contributed by atoms with van der Waals surface area (Å²) in [5.74, 6) is 0.177. The van der Waals surface area contributed by atoms with Crippen LogP contribution in [0.4, 0.5) is 10.5 Å². The molecule has 132 valence electrons. The normalized spacial score (nSPS) is 28.7. The van der Waals surface area contributed by atoms with E-state index in [1.54, 1.807) is 18.2 Å². The zero-order valence-electron chi connectivity index (χ0n) is 12.8. The van der Waals surface area contributed by atoms with Gasteiger partial charge in [0, 0.05) is 28.4 Å². The lowest BCUT2D eigenvalue weighted by atomic mass is 9.90. The van der Waals surface area contributed by atoms with E-state index >= 15 is 0 Å². The predicted octanol–water partition coefficient (Wildman–Crippen LogP) is 2.85. The second kappa shape index (κ2) is 6.71.